The monoisotopic (exact) mass is 352 g/mol. The van der Waals surface area contributed by atoms with Crippen LogP contribution in [0.5, 0.6) is 0 Å². The van der Waals surface area contributed by atoms with Crippen LogP contribution in [0.15, 0.2) is 0 Å². The minimum Gasteiger partial charge on any atom is -0.479 e. The van der Waals surface area contributed by atoms with Gasteiger partial charge >= 0.3 is 12.1 Å². The lowest BCUT2D eigenvalue weighted by molar-refractivity contribution is -0.145. The van der Waals surface area contributed by atoms with Crippen LogP contribution in [0.3, 0.4) is 0 Å². The van der Waals surface area contributed by atoms with Gasteiger partial charge in [0.25, 0.3) is 0 Å². The zero-order valence-electron chi connectivity index (χ0n) is 15.2. The first-order valence-corrected chi connectivity index (χ1v) is 9.15. The predicted molar refractivity (Wildman–Crippen MR) is 89.9 cm³/mol. The average molecular weight is 352 g/mol. The molecule has 1 atom stereocenters. The molecule has 2 aliphatic carbocycles. The second-order valence-electron chi connectivity index (χ2n) is 8.72. The maximum absolute atomic E-state index is 12.9. The van der Waals surface area contributed by atoms with Crippen LogP contribution < -0.4 is 5.32 Å². The highest BCUT2D eigenvalue weighted by molar-refractivity contribution is 5.88. The van der Waals surface area contributed by atoms with E-state index in [1.165, 1.54) is 0 Å². The molecule has 3 aliphatic rings. The Bertz CT molecular complexity index is 565. The van der Waals surface area contributed by atoms with Crippen LogP contribution in [0.25, 0.3) is 0 Å². The highest BCUT2D eigenvalue weighted by Gasteiger charge is 2.52. The summed E-state index contributed by atoms with van der Waals surface area (Å²) < 4.78 is 5.20. The molecule has 1 saturated heterocycles. The summed E-state index contributed by atoms with van der Waals surface area (Å²) in [5.74, 6) is -0.0643. The second-order valence-corrected chi connectivity index (χ2v) is 8.72. The van der Waals surface area contributed by atoms with Crippen molar-refractivity contribution < 1.29 is 24.2 Å². The van der Waals surface area contributed by atoms with E-state index < -0.39 is 23.2 Å². The van der Waals surface area contributed by atoms with Gasteiger partial charge in [-0.05, 0) is 58.3 Å². The van der Waals surface area contributed by atoms with Crippen LogP contribution >= 0.6 is 0 Å². The van der Waals surface area contributed by atoms with Crippen molar-refractivity contribution in [3.63, 3.8) is 0 Å². The van der Waals surface area contributed by atoms with E-state index in [0.717, 1.165) is 25.7 Å². The number of amides is 2. The third kappa shape index (κ3) is 4.07. The lowest BCUT2D eigenvalue weighted by atomic mass is 9.96. The normalized spacial score (nSPS) is 26.6. The number of nitrogens with zero attached hydrogens (tertiary/aromatic N) is 1. The number of aliphatic carboxylic acids is 1. The lowest BCUT2D eigenvalue weighted by Crippen LogP contribution is -2.57. The molecule has 0 bridgehead atoms. The van der Waals surface area contributed by atoms with E-state index in [4.69, 9.17) is 4.74 Å². The first kappa shape index (κ1) is 18.0. The first-order chi connectivity index (χ1) is 11.6. The van der Waals surface area contributed by atoms with Crippen LogP contribution in [-0.4, -0.2) is 52.2 Å². The summed E-state index contributed by atoms with van der Waals surface area (Å²) in [5.41, 5.74) is -2.17. The Morgan fingerprint density at radius 3 is 2.16 bits per heavy atom. The van der Waals surface area contributed by atoms with Gasteiger partial charge in [0.1, 0.15) is 5.60 Å². The highest BCUT2D eigenvalue weighted by Crippen LogP contribution is 2.50. The molecule has 7 nitrogen and oxygen atoms in total. The third-order valence-corrected chi connectivity index (χ3v) is 5.28. The van der Waals surface area contributed by atoms with Crippen LogP contribution in [-0.2, 0) is 14.3 Å². The molecular weight excluding hydrogens is 324 g/mol. The van der Waals surface area contributed by atoms with Gasteiger partial charge in [0.2, 0.25) is 5.91 Å². The fraction of sp³-hybridized carbons (Fsp3) is 0.833. The molecule has 3 fully saturated rings. The van der Waals surface area contributed by atoms with E-state index >= 15 is 0 Å². The number of likely N-dealkylation sites (tertiary alicyclic amines) is 1. The highest BCUT2D eigenvalue weighted by atomic mass is 16.6. The molecule has 0 aromatic carbocycles. The molecule has 1 unspecified atom stereocenters. The topological polar surface area (TPSA) is 95.9 Å². The number of hydrogen-bond donors (Lipinski definition) is 2. The number of ether oxygens (including phenoxy) is 1. The van der Waals surface area contributed by atoms with E-state index in [-0.39, 0.29) is 24.8 Å². The minimum absolute atomic E-state index is 0.0103. The summed E-state index contributed by atoms with van der Waals surface area (Å²) in [6.07, 6.45) is 3.84. The number of carboxylic acid groups (broad SMARTS) is 1. The number of carbonyl (C=O) groups is 3. The summed E-state index contributed by atoms with van der Waals surface area (Å²) in [4.78, 5) is 38.5. The molecule has 25 heavy (non-hydrogen) atoms. The Kier molecular flexibility index (Phi) is 4.45. The molecule has 3 rings (SSSR count). The van der Waals surface area contributed by atoms with Crippen molar-refractivity contribution >= 4 is 18.0 Å². The molecule has 0 radical (unpaired) electrons. The fourth-order valence-electron chi connectivity index (χ4n) is 3.74. The Balaban J connectivity index is 1.67. The lowest BCUT2D eigenvalue weighted by Gasteiger charge is -2.29. The van der Waals surface area contributed by atoms with Gasteiger partial charge in [0.15, 0.2) is 5.54 Å². The van der Waals surface area contributed by atoms with E-state index in [9.17, 15) is 19.5 Å². The molecule has 1 aliphatic heterocycles. The van der Waals surface area contributed by atoms with Gasteiger partial charge in [0.05, 0.1) is 6.54 Å². The van der Waals surface area contributed by atoms with Crippen molar-refractivity contribution in [2.45, 2.75) is 64.0 Å². The van der Waals surface area contributed by atoms with Gasteiger partial charge in [0, 0.05) is 18.9 Å². The van der Waals surface area contributed by atoms with Crippen LogP contribution in [0, 0.1) is 17.8 Å². The standard InChI is InChI=1S/C18H28N2O5/c1-17(2,3)25-16(24)19-18(15(22)23)8-9-20(10-18)14(21)13(11-4-5-11)12-6-7-12/h11-13H,4-10H2,1-3H3,(H,19,24)(H,22,23). The van der Waals surface area contributed by atoms with Gasteiger partial charge in [-0.3, -0.25) is 4.79 Å². The van der Waals surface area contributed by atoms with Crippen LogP contribution in [0.4, 0.5) is 4.79 Å². The van der Waals surface area contributed by atoms with Crippen molar-refractivity contribution in [3.8, 4) is 0 Å². The maximum Gasteiger partial charge on any atom is 0.408 e. The molecule has 0 aromatic rings. The average Bonchev–Trinajstić information content (AvgIpc) is 3.39. The van der Waals surface area contributed by atoms with Gasteiger partial charge < -0.3 is 20.1 Å². The first-order valence-electron chi connectivity index (χ1n) is 9.15. The molecule has 2 N–H and O–H groups in total. The number of hydrogen-bond acceptors (Lipinski definition) is 4. The molecule has 2 saturated carbocycles. The summed E-state index contributed by atoms with van der Waals surface area (Å²) in [6, 6.07) is 0. The molecular formula is C18H28N2O5. The number of nitrogens with one attached hydrogen (secondary N) is 1. The molecule has 2 amide bonds. The SMILES string of the molecule is CC(C)(C)OC(=O)NC1(C(=O)O)CCN(C(=O)C(C2CC2)C2CC2)C1. The largest absolute Gasteiger partial charge is 0.479 e. The zero-order chi connectivity index (χ0) is 18.4. The van der Waals surface area contributed by atoms with Crippen molar-refractivity contribution in [2.75, 3.05) is 13.1 Å². The molecule has 7 heteroatoms. The summed E-state index contributed by atoms with van der Waals surface area (Å²) in [5, 5.41) is 12.2. The van der Waals surface area contributed by atoms with Crippen molar-refractivity contribution in [1.82, 2.24) is 10.2 Å². The second kappa shape index (κ2) is 6.18. The van der Waals surface area contributed by atoms with Crippen LogP contribution in [0.1, 0.15) is 52.9 Å². The Hall–Kier alpha value is -1.79. The van der Waals surface area contributed by atoms with Crippen molar-refractivity contribution in [1.29, 1.82) is 0 Å². The number of alkyl carbamates (subject to hydrolysis) is 1. The predicted octanol–water partition coefficient (Wildman–Crippen LogP) is 2.00. The quantitative estimate of drug-likeness (QED) is 0.789. The molecule has 0 aromatic heterocycles. The van der Waals surface area contributed by atoms with Gasteiger partial charge in [-0.2, -0.15) is 0 Å². The van der Waals surface area contributed by atoms with E-state index in [1.807, 2.05) is 0 Å². The van der Waals surface area contributed by atoms with Crippen molar-refractivity contribution in [3.05, 3.63) is 0 Å². The number of carbonyl (C=O) groups excluding carboxylic acids is 2. The van der Waals surface area contributed by atoms with Gasteiger partial charge in [-0.15, -0.1) is 0 Å². The Labute approximate surface area is 148 Å². The smallest absolute Gasteiger partial charge is 0.408 e. The molecule has 1 heterocycles. The van der Waals surface area contributed by atoms with E-state index in [2.05, 4.69) is 5.32 Å². The summed E-state index contributed by atoms with van der Waals surface area (Å²) in [7, 11) is 0. The number of rotatable bonds is 5. The Morgan fingerprint density at radius 2 is 1.72 bits per heavy atom. The van der Waals surface area contributed by atoms with Crippen LogP contribution in [0.2, 0.25) is 0 Å². The Morgan fingerprint density at radius 1 is 1.16 bits per heavy atom. The van der Waals surface area contributed by atoms with E-state index in [0.29, 0.717) is 18.4 Å². The van der Waals surface area contributed by atoms with Crippen molar-refractivity contribution in [2.24, 2.45) is 17.8 Å². The summed E-state index contributed by atoms with van der Waals surface area (Å²) >= 11 is 0. The van der Waals surface area contributed by atoms with Gasteiger partial charge in [-0.25, -0.2) is 9.59 Å². The zero-order valence-corrected chi connectivity index (χ0v) is 15.2. The fourth-order valence-corrected chi connectivity index (χ4v) is 3.74. The molecule has 140 valence electrons. The molecule has 0 spiro atoms. The number of carboxylic acids is 1. The third-order valence-electron chi connectivity index (χ3n) is 5.28. The minimum atomic E-state index is -1.46. The summed E-state index contributed by atoms with van der Waals surface area (Å²) in [6.45, 7) is 5.54. The van der Waals surface area contributed by atoms with E-state index in [1.54, 1.807) is 25.7 Å². The van der Waals surface area contributed by atoms with Gasteiger partial charge in [-0.1, -0.05) is 0 Å². The maximum atomic E-state index is 12.9.